The van der Waals surface area contributed by atoms with E-state index >= 15 is 0 Å². The predicted molar refractivity (Wildman–Crippen MR) is 73.7 cm³/mol. The number of aromatic nitrogens is 1. The van der Waals surface area contributed by atoms with Gasteiger partial charge in [0.05, 0.1) is 0 Å². The Bertz CT molecular complexity index is 621. The first kappa shape index (κ1) is 11.5. The van der Waals surface area contributed by atoms with Gasteiger partial charge < -0.3 is 4.57 Å². The third kappa shape index (κ3) is 1.67. The highest BCUT2D eigenvalue weighted by molar-refractivity contribution is 5.95. The van der Waals surface area contributed by atoms with E-state index in [2.05, 4.69) is 49.9 Å². The molecule has 0 bridgehead atoms. The van der Waals surface area contributed by atoms with Crippen molar-refractivity contribution in [3.63, 3.8) is 0 Å². The molecule has 1 heterocycles. The number of rotatable bonds is 1. The van der Waals surface area contributed by atoms with Gasteiger partial charge in [-0.25, -0.2) is 0 Å². The average molecular weight is 241 g/mol. The first-order valence-corrected chi connectivity index (χ1v) is 6.55. The molecule has 0 radical (unpaired) electrons. The summed E-state index contributed by atoms with van der Waals surface area (Å²) in [6.45, 7) is 4.38. The van der Waals surface area contributed by atoms with Crippen LogP contribution in [0, 0.1) is 5.41 Å². The minimum absolute atomic E-state index is 0.0890. The maximum Gasteiger partial charge on any atom is 0.140 e. The summed E-state index contributed by atoms with van der Waals surface area (Å²) in [5.41, 5.74) is 2.58. The summed E-state index contributed by atoms with van der Waals surface area (Å²) in [4.78, 5) is 12.2. The second kappa shape index (κ2) is 3.71. The number of nitrogens with zero attached hydrogens (tertiary/aromatic N) is 1. The predicted octanol–water partition coefficient (Wildman–Crippen LogP) is 3.65. The Morgan fingerprint density at radius 2 is 2.00 bits per heavy atom. The van der Waals surface area contributed by atoms with Gasteiger partial charge in [-0.1, -0.05) is 32.0 Å². The van der Waals surface area contributed by atoms with Crippen LogP contribution in [0.3, 0.4) is 0 Å². The smallest absolute Gasteiger partial charge is 0.140 e. The molecule has 1 saturated carbocycles. The molecule has 1 aromatic carbocycles. The van der Waals surface area contributed by atoms with E-state index in [-0.39, 0.29) is 11.3 Å². The number of fused-ring (bicyclic) bond motifs is 1. The molecule has 94 valence electrons. The van der Waals surface area contributed by atoms with Crippen molar-refractivity contribution < 1.29 is 4.79 Å². The fourth-order valence-corrected chi connectivity index (χ4v) is 3.27. The molecular weight excluding hydrogens is 222 g/mol. The van der Waals surface area contributed by atoms with Crippen LogP contribution >= 0.6 is 0 Å². The minimum atomic E-state index is 0.0890. The summed E-state index contributed by atoms with van der Waals surface area (Å²) < 4.78 is 2.13. The Morgan fingerprint density at radius 3 is 2.67 bits per heavy atom. The van der Waals surface area contributed by atoms with Crippen LogP contribution in [0.15, 0.2) is 30.5 Å². The zero-order valence-electron chi connectivity index (χ0n) is 11.2. The Labute approximate surface area is 108 Å². The van der Waals surface area contributed by atoms with Crippen molar-refractivity contribution in [3.05, 3.63) is 36.0 Å². The number of hydrogen-bond acceptors (Lipinski definition) is 1. The largest absolute Gasteiger partial charge is 0.350 e. The number of benzene rings is 1. The van der Waals surface area contributed by atoms with Gasteiger partial charge >= 0.3 is 0 Å². The van der Waals surface area contributed by atoms with Gasteiger partial charge in [-0.15, -0.1) is 0 Å². The molecule has 1 aromatic heterocycles. The lowest BCUT2D eigenvalue weighted by molar-refractivity contribution is -0.119. The monoisotopic (exact) mass is 241 g/mol. The molecule has 0 aliphatic heterocycles. The van der Waals surface area contributed by atoms with Crippen molar-refractivity contribution in [1.29, 1.82) is 0 Å². The summed E-state index contributed by atoms with van der Waals surface area (Å²) in [7, 11) is 2.05. The topological polar surface area (TPSA) is 22.0 Å². The maximum atomic E-state index is 12.2. The molecule has 0 spiro atoms. The zero-order chi connectivity index (χ0) is 12.9. The Balaban J connectivity index is 2.13. The van der Waals surface area contributed by atoms with Crippen molar-refractivity contribution in [2.45, 2.75) is 32.6 Å². The van der Waals surface area contributed by atoms with Crippen LogP contribution in [0.2, 0.25) is 0 Å². The first-order chi connectivity index (χ1) is 8.48. The van der Waals surface area contributed by atoms with E-state index < -0.39 is 0 Å². The van der Waals surface area contributed by atoms with E-state index in [0.717, 1.165) is 6.42 Å². The van der Waals surface area contributed by atoms with Crippen LogP contribution in [0.4, 0.5) is 0 Å². The van der Waals surface area contributed by atoms with E-state index in [1.165, 1.54) is 16.5 Å². The summed E-state index contributed by atoms with van der Waals surface area (Å²) in [6, 6.07) is 8.34. The van der Waals surface area contributed by atoms with Gasteiger partial charge in [0, 0.05) is 36.5 Å². The van der Waals surface area contributed by atoms with Crippen molar-refractivity contribution in [2.75, 3.05) is 0 Å². The Hall–Kier alpha value is -1.57. The van der Waals surface area contributed by atoms with E-state index in [1.54, 1.807) is 0 Å². The van der Waals surface area contributed by atoms with Crippen molar-refractivity contribution in [3.8, 4) is 0 Å². The van der Waals surface area contributed by atoms with Crippen molar-refractivity contribution in [2.24, 2.45) is 12.5 Å². The van der Waals surface area contributed by atoms with Crippen molar-refractivity contribution in [1.82, 2.24) is 4.57 Å². The second-order valence-electron chi connectivity index (χ2n) is 6.28. The number of carbonyl (C=O) groups excluding carboxylic acids is 1. The lowest BCUT2D eigenvalue weighted by Gasteiger charge is -2.15. The van der Waals surface area contributed by atoms with Gasteiger partial charge in [-0.3, -0.25) is 4.79 Å². The molecule has 0 saturated heterocycles. The molecule has 0 amide bonds. The minimum Gasteiger partial charge on any atom is -0.350 e. The fourth-order valence-electron chi connectivity index (χ4n) is 3.27. The SMILES string of the molecule is Cn1cc([C@@H]2CC(C)(C)CC2=O)c2ccccc21. The lowest BCUT2D eigenvalue weighted by atomic mass is 9.88. The van der Waals surface area contributed by atoms with Gasteiger partial charge in [0.2, 0.25) is 0 Å². The van der Waals surface area contributed by atoms with E-state index in [0.29, 0.717) is 12.2 Å². The molecule has 2 heteroatoms. The number of aryl methyl sites for hydroxylation is 1. The number of hydrogen-bond donors (Lipinski definition) is 0. The van der Waals surface area contributed by atoms with Crippen LogP contribution in [0.1, 0.15) is 38.2 Å². The number of para-hydroxylation sites is 1. The molecule has 1 fully saturated rings. The molecule has 1 aliphatic carbocycles. The highest BCUT2D eigenvalue weighted by Crippen LogP contribution is 2.45. The van der Waals surface area contributed by atoms with Gasteiger partial charge in [0.25, 0.3) is 0 Å². The van der Waals surface area contributed by atoms with E-state index in [1.807, 2.05) is 6.07 Å². The Kier molecular flexibility index (Phi) is 2.37. The molecule has 1 atom stereocenters. The molecule has 1 aliphatic rings. The third-order valence-corrected chi connectivity index (χ3v) is 4.10. The summed E-state index contributed by atoms with van der Waals surface area (Å²) in [6.07, 6.45) is 3.81. The highest BCUT2D eigenvalue weighted by atomic mass is 16.1. The molecule has 3 rings (SSSR count). The zero-order valence-corrected chi connectivity index (χ0v) is 11.2. The quantitative estimate of drug-likeness (QED) is 0.747. The van der Waals surface area contributed by atoms with Crippen LogP contribution in [0.25, 0.3) is 10.9 Å². The maximum absolute atomic E-state index is 12.2. The van der Waals surface area contributed by atoms with E-state index in [4.69, 9.17) is 0 Å². The van der Waals surface area contributed by atoms with Crippen LogP contribution in [-0.2, 0) is 11.8 Å². The molecule has 18 heavy (non-hydrogen) atoms. The summed E-state index contributed by atoms with van der Waals surface area (Å²) >= 11 is 0. The number of ketones is 1. The number of Topliss-reactive ketones (excluding diaryl/α,β-unsaturated/α-hetero) is 1. The molecular formula is C16H19NO. The second-order valence-corrected chi connectivity index (χ2v) is 6.28. The third-order valence-electron chi connectivity index (χ3n) is 4.10. The summed E-state index contributed by atoms with van der Waals surface area (Å²) in [5.74, 6) is 0.488. The normalized spacial score (nSPS) is 22.8. The Morgan fingerprint density at radius 1 is 1.28 bits per heavy atom. The van der Waals surface area contributed by atoms with Gasteiger partial charge in [-0.2, -0.15) is 0 Å². The molecule has 0 unspecified atom stereocenters. The fraction of sp³-hybridized carbons (Fsp3) is 0.438. The number of carbonyl (C=O) groups is 1. The van der Waals surface area contributed by atoms with E-state index in [9.17, 15) is 4.79 Å². The van der Waals surface area contributed by atoms with Gasteiger partial charge in [0.15, 0.2) is 0 Å². The standard InChI is InChI=1S/C16H19NO/c1-16(2)8-12(15(18)9-16)13-10-17(3)14-7-5-4-6-11(13)14/h4-7,10,12H,8-9H2,1-3H3/t12-/m0/s1. The average Bonchev–Trinajstić information content (AvgIpc) is 2.77. The van der Waals surface area contributed by atoms with Crippen LogP contribution < -0.4 is 0 Å². The van der Waals surface area contributed by atoms with Crippen LogP contribution in [0.5, 0.6) is 0 Å². The lowest BCUT2D eigenvalue weighted by Crippen LogP contribution is -2.04. The highest BCUT2D eigenvalue weighted by Gasteiger charge is 2.39. The van der Waals surface area contributed by atoms with Gasteiger partial charge in [-0.05, 0) is 23.5 Å². The van der Waals surface area contributed by atoms with Crippen LogP contribution in [-0.4, -0.2) is 10.4 Å². The molecule has 2 nitrogen and oxygen atoms in total. The first-order valence-electron chi connectivity index (χ1n) is 6.55. The van der Waals surface area contributed by atoms with Crippen molar-refractivity contribution >= 4 is 16.7 Å². The summed E-state index contributed by atoms with van der Waals surface area (Å²) in [5, 5.41) is 1.23. The molecule has 2 aromatic rings. The molecule has 0 N–H and O–H groups in total. The van der Waals surface area contributed by atoms with Gasteiger partial charge in [0.1, 0.15) is 5.78 Å².